The maximum absolute atomic E-state index is 4.26. The zero-order chi connectivity index (χ0) is 13.7. The van der Waals surface area contributed by atoms with E-state index in [2.05, 4.69) is 23.5 Å². The van der Waals surface area contributed by atoms with Gasteiger partial charge in [0.25, 0.3) is 0 Å². The summed E-state index contributed by atoms with van der Waals surface area (Å²) >= 11 is 0. The topological polar surface area (TPSA) is 29.9 Å². The first-order valence-corrected chi connectivity index (χ1v) is 8.34. The molecule has 1 heterocycles. The van der Waals surface area contributed by atoms with Gasteiger partial charge in [-0.25, -0.2) is 0 Å². The number of aryl methyl sites for hydroxylation is 1. The van der Waals surface area contributed by atoms with Crippen LogP contribution >= 0.6 is 0 Å². The number of nitrogens with one attached hydrogen (secondary N) is 1. The molecule has 1 N–H and O–H groups in total. The van der Waals surface area contributed by atoms with Crippen LogP contribution in [0, 0.1) is 23.2 Å². The minimum atomic E-state index is 0.608. The third-order valence-corrected chi connectivity index (χ3v) is 6.37. The van der Waals surface area contributed by atoms with Crippen LogP contribution in [0.2, 0.25) is 0 Å². The van der Waals surface area contributed by atoms with Crippen LogP contribution in [0.5, 0.6) is 0 Å². The molecule has 0 amide bonds. The van der Waals surface area contributed by atoms with Gasteiger partial charge in [0.2, 0.25) is 0 Å². The molecule has 110 valence electrons. The van der Waals surface area contributed by atoms with Crippen molar-refractivity contribution in [2.24, 2.45) is 30.2 Å². The van der Waals surface area contributed by atoms with Crippen LogP contribution in [-0.2, 0) is 13.6 Å². The molecule has 0 spiro atoms. The molecule has 0 radical (unpaired) electrons. The largest absolute Gasteiger partial charge is 0.310 e. The normalized spacial score (nSPS) is 40.2. The van der Waals surface area contributed by atoms with Gasteiger partial charge in [0.15, 0.2) is 0 Å². The van der Waals surface area contributed by atoms with E-state index in [0.717, 1.165) is 24.3 Å². The predicted octanol–water partition coefficient (Wildman–Crippen LogP) is 3.11. The third-order valence-electron chi connectivity index (χ3n) is 6.37. The highest BCUT2D eigenvalue weighted by Gasteiger charge is 2.52. The van der Waals surface area contributed by atoms with Crippen molar-refractivity contribution in [2.75, 3.05) is 0 Å². The van der Waals surface area contributed by atoms with E-state index >= 15 is 0 Å². The summed E-state index contributed by atoms with van der Waals surface area (Å²) in [5.74, 6) is 3.14. The molecule has 3 nitrogen and oxygen atoms in total. The lowest BCUT2D eigenvalue weighted by Gasteiger charge is -2.59. The zero-order valence-electron chi connectivity index (χ0n) is 12.8. The van der Waals surface area contributed by atoms with E-state index < -0.39 is 0 Å². The Bertz CT molecular complexity index is 455. The van der Waals surface area contributed by atoms with Gasteiger partial charge in [-0.15, -0.1) is 0 Å². The first-order valence-electron chi connectivity index (χ1n) is 8.34. The van der Waals surface area contributed by atoms with Gasteiger partial charge < -0.3 is 5.32 Å². The Morgan fingerprint density at radius 3 is 2.35 bits per heavy atom. The summed E-state index contributed by atoms with van der Waals surface area (Å²) in [7, 11) is 1.99. The van der Waals surface area contributed by atoms with Crippen LogP contribution in [0.1, 0.15) is 51.0 Å². The first kappa shape index (κ1) is 12.9. The van der Waals surface area contributed by atoms with Crippen LogP contribution in [-0.4, -0.2) is 15.8 Å². The quantitative estimate of drug-likeness (QED) is 0.913. The number of nitrogens with zero attached hydrogens (tertiary/aromatic N) is 2. The zero-order valence-corrected chi connectivity index (χ0v) is 12.8. The monoisotopic (exact) mass is 273 g/mol. The Hall–Kier alpha value is -0.830. The number of hydrogen-bond donors (Lipinski definition) is 1. The Kier molecular flexibility index (Phi) is 2.95. The molecule has 1 aromatic heterocycles. The molecule has 4 fully saturated rings. The maximum atomic E-state index is 4.26. The predicted molar refractivity (Wildman–Crippen MR) is 80.1 cm³/mol. The van der Waals surface area contributed by atoms with Crippen molar-refractivity contribution in [3.05, 3.63) is 18.0 Å². The van der Waals surface area contributed by atoms with Gasteiger partial charge in [0, 0.05) is 31.4 Å². The van der Waals surface area contributed by atoms with E-state index in [9.17, 15) is 0 Å². The van der Waals surface area contributed by atoms with Crippen LogP contribution in [0.3, 0.4) is 0 Å². The lowest BCUT2D eigenvalue weighted by molar-refractivity contribution is -0.0706. The standard InChI is InChI=1S/C17H27N3/c1-12(18-9-16-10-19-20(2)11-16)17-6-13-3-14(7-17)5-15(4-13)8-17/h10-15,18H,3-9H2,1-2H3. The lowest BCUT2D eigenvalue weighted by atomic mass is 9.48. The molecule has 20 heavy (non-hydrogen) atoms. The van der Waals surface area contributed by atoms with Crippen LogP contribution in [0.25, 0.3) is 0 Å². The van der Waals surface area contributed by atoms with Gasteiger partial charge in [-0.1, -0.05) is 0 Å². The first-order chi connectivity index (χ1) is 9.63. The molecule has 0 aromatic carbocycles. The second-order valence-corrected chi connectivity index (χ2v) is 7.90. The molecular weight excluding hydrogens is 246 g/mol. The van der Waals surface area contributed by atoms with Crippen molar-refractivity contribution in [1.29, 1.82) is 0 Å². The number of rotatable bonds is 4. The Morgan fingerprint density at radius 2 is 1.85 bits per heavy atom. The maximum Gasteiger partial charge on any atom is 0.0534 e. The summed E-state index contributed by atoms with van der Waals surface area (Å²) in [6.07, 6.45) is 13.2. The van der Waals surface area contributed by atoms with Gasteiger partial charge in [-0.2, -0.15) is 5.10 Å². The minimum absolute atomic E-state index is 0.608. The van der Waals surface area contributed by atoms with Gasteiger partial charge in [-0.05, 0) is 68.6 Å². The van der Waals surface area contributed by atoms with E-state index in [-0.39, 0.29) is 0 Å². The molecule has 5 rings (SSSR count). The fourth-order valence-corrected chi connectivity index (χ4v) is 5.76. The van der Waals surface area contributed by atoms with Crippen LogP contribution in [0.15, 0.2) is 12.4 Å². The second-order valence-electron chi connectivity index (χ2n) is 7.90. The molecule has 1 unspecified atom stereocenters. The minimum Gasteiger partial charge on any atom is -0.310 e. The molecule has 1 atom stereocenters. The fraction of sp³-hybridized carbons (Fsp3) is 0.824. The van der Waals surface area contributed by atoms with Crippen molar-refractivity contribution in [3.8, 4) is 0 Å². The van der Waals surface area contributed by atoms with E-state index in [4.69, 9.17) is 0 Å². The van der Waals surface area contributed by atoms with E-state index in [1.165, 1.54) is 44.1 Å². The van der Waals surface area contributed by atoms with E-state index in [1.54, 1.807) is 0 Å². The smallest absolute Gasteiger partial charge is 0.0534 e. The van der Waals surface area contributed by atoms with Crippen molar-refractivity contribution in [1.82, 2.24) is 15.1 Å². The lowest BCUT2D eigenvalue weighted by Crippen LogP contribution is -2.54. The molecule has 1 aromatic rings. The summed E-state index contributed by atoms with van der Waals surface area (Å²) in [6.45, 7) is 3.40. The Balaban J connectivity index is 1.44. The second kappa shape index (κ2) is 4.59. The molecule has 4 saturated carbocycles. The fourth-order valence-electron chi connectivity index (χ4n) is 5.76. The van der Waals surface area contributed by atoms with Crippen molar-refractivity contribution in [2.45, 2.75) is 58.0 Å². The highest BCUT2D eigenvalue weighted by molar-refractivity contribution is 5.07. The Morgan fingerprint density at radius 1 is 1.25 bits per heavy atom. The van der Waals surface area contributed by atoms with E-state index in [0.29, 0.717) is 11.5 Å². The van der Waals surface area contributed by atoms with Gasteiger partial charge in [0.05, 0.1) is 6.20 Å². The van der Waals surface area contributed by atoms with Gasteiger partial charge in [-0.3, -0.25) is 4.68 Å². The average molecular weight is 273 g/mol. The van der Waals surface area contributed by atoms with Crippen molar-refractivity contribution < 1.29 is 0 Å². The molecule has 0 saturated heterocycles. The highest BCUT2D eigenvalue weighted by Crippen LogP contribution is 2.61. The molecule has 3 heteroatoms. The summed E-state index contributed by atoms with van der Waals surface area (Å²) in [6, 6.07) is 0.649. The Labute approximate surface area is 122 Å². The van der Waals surface area contributed by atoms with Gasteiger partial charge >= 0.3 is 0 Å². The SMILES string of the molecule is CC(NCc1cnn(C)c1)C12CC3CC(CC(C3)C1)C2. The highest BCUT2D eigenvalue weighted by atomic mass is 15.2. The van der Waals surface area contributed by atoms with Crippen molar-refractivity contribution in [3.63, 3.8) is 0 Å². The van der Waals surface area contributed by atoms with Crippen LogP contribution in [0.4, 0.5) is 0 Å². The van der Waals surface area contributed by atoms with Crippen LogP contribution < -0.4 is 5.32 Å². The summed E-state index contributed by atoms with van der Waals surface area (Å²) in [5.41, 5.74) is 1.92. The number of aromatic nitrogens is 2. The average Bonchev–Trinajstić information content (AvgIpc) is 2.80. The molecular formula is C17H27N3. The third kappa shape index (κ3) is 2.11. The summed E-state index contributed by atoms with van der Waals surface area (Å²) in [5, 5.41) is 8.08. The molecule has 4 aliphatic rings. The molecule has 0 aliphatic heterocycles. The van der Waals surface area contributed by atoms with E-state index in [1.807, 2.05) is 17.9 Å². The molecule has 4 bridgehead atoms. The molecule has 4 aliphatic carbocycles. The van der Waals surface area contributed by atoms with Gasteiger partial charge in [0.1, 0.15) is 0 Å². The number of hydrogen-bond acceptors (Lipinski definition) is 2. The summed E-state index contributed by atoms with van der Waals surface area (Å²) in [4.78, 5) is 0. The van der Waals surface area contributed by atoms with Crippen molar-refractivity contribution >= 4 is 0 Å². The summed E-state index contributed by atoms with van der Waals surface area (Å²) < 4.78 is 1.90.